The van der Waals surface area contributed by atoms with Crippen molar-refractivity contribution in [3.63, 3.8) is 0 Å². The number of amides is 2. The number of hydrogen-bond acceptors (Lipinski definition) is 5. The van der Waals surface area contributed by atoms with Gasteiger partial charge in [0.2, 0.25) is 0 Å². The molecule has 2 unspecified atom stereocenters. The third-order valence-electron chi connectivity index (χ3n) is 6.63. The third kappa shape index (κ3) is 4.75. The Balaban J connectivity index is 1.44. The number of fused-ring (bicyclic) bond motifs is 2. The molecule has 2 saturated heterocycles. The molecule has 3 aliphatic rings. The first kappa shape index (κ1) is 23.3. The molecule has 8 nitrogen and oxygen atoms in total. The summed E-state index contributed by atoms with van der Waals surface area (Å²) < 4.78 is 7.01. The van der Waals surface area contributed by atoms with Crippen molar-refractivity contribution < 1.29 is 19.1 Å². The Morgan fingerprint density at radius 2 is 1.85 bits per heavy atom. The molecule has 1 aromatic heterocycles. The predicted molar refractivity (Wildman–Crippen MR) is 125 cm³/mol. The van der Waals surface area contributed by atoms with Crippen LogP contribution in [0.5, 0.6) is 0 Å². The summed E-state index contributed by atoms with van der Waals surface area (Å²) in [7, 11) is 0. The lowest BCUT2D eigenvalue weighted by molar-refractivity contribution is -0.117. The number of ether oxygens (including phenoxy) is 1. The summed E-state index contributed by atoms with van der Waals surface area (Å²) in [6, 6.07) is -0.235. The highest BCUT2D eigenvalue weighted by Crippen LogP contribution is 2.37. The van der Waals surface area contributed by atoms with Crippen LogP contribution in [0.2, 0.25) is 0 Å². The Morgan fingerprint density at radius 1 is 1.18 bits per heavy atom. The van der Waals surface area contributed by atoms with E-state index in [1.807, 2.05) is 51.7 Å². The number of nitrogens with zero attached hydrogens (tertiary/aromatic N) is 3. The normalized spacial score (nSPS) is 27.0. The summed E-state index contributed by atoms with van der Waals surface area (Å²) in [5.74, 6) is 0.296. The molecule has 178 valence electrons. The third-order valence-corrected chi connectivity index (χ3v) is 6.63. The van der Waals surface area contributed by atoms with Crippen molar-refractivity contribution in [1.82, 2.24) is 19.8 Å². The highest BCUT2D eigenvalue weighted by Gasteiger charge is 2.45. The van der Waals surface area contributed by atoms with Crippen molar-refractivity contribution in [3.8, 4) is 0 Å². The number of imidazole rings is 1. The van der Waals surface area contributed by atoms with E-state index in [2.05, 4.69) is 10.3 Å². The molecule has 0 spiro atoms. The summed E-state index contributed by atoms with van der Waals surface area (Å²) >= 11 is 0. The molecule has 2 bridgehead atoms. The number of Topliss-reactive ketones (excluding diaryl/α,β-unsaturated/α-hetero) is 1. The van der Waals surface area contributed by atoms with Crippen LogP contribution >= 0.6 is 0 Å². The Labute approximate surface area is 195 Å². The number of rotatable bonds is 3. The molecule has 3 heterocycles. The molecule has 0 aromatic carbocycles. The largest absolute Gasteiger partial charge is 0.444 e. The van der Waals surface area contributed by atoms with E-state index in [1.165, 1.54) is 4.57 Å². The van der Waals surface area contributed by atoms with Gasteiger partial charge in [0.15, 0.2) is 11.6 Å². The Kier molecular flexibility index (Phi) is 6.20. The Bertz CT molecular complexity index is 986. The smallest absolute Gasteiger partial charge is 0.410 e. The van der Waals surface area contributed by atoms with E-state index >= 15 is 0 Å². The number of aromatic nitrogens is 2. The fourth-order valence-corrected chi connectivity index (χ4v) is 5.15. The summed E-state index contributed by atoms with van der Waals surface area (Å²) in [6.07, 6.45) is 11.6. The van der Waals surface area contributed by atoms with E-state index in [0.29, 0.717) is 24.2 Å². The van der Waals surface area contributed by atoms with E-state index in [0.717, 1.165) is 12.8 Å². The van der Waals surface area contributed by atoms with Crippen molar-refractivity contribution in [2.45, 2.75) is 84.0 Å². The second kappa shape index (κ2) is 8.80. The molecule has 4 rings (SSSR count). The van der Waals surface area contributed by atoms with Gasteiger partial charge in [-0.15, -0.1) is 0 Å². The molecule has 2 aliphatic heterocycles. The minimum absolute atomic E-state index is 0.0172. The van der Waals surface area contributed by atoms with Crippen molar-refractivity contribution in [3.05, 3.63) is 36.4 Å². The average molecular weight is 455 g/mol. The first-order valence-electron chi connectivity index (χ1n) is 11.8. The van der Waals surface area contributed by atoms with Crippen LogP contribution in [0.15, 0.2) is 30.6 Å². The van der Waals surface area contributed by atoms with Gasteiger partial charge in [0, 0.05) is 36.4 Å². The lowest BCUT2D eigenvalue weighted by Crippen LogP contribution is -2.54. The molecule has 4 atom stereocenters. The number of piperidine rings is 1. The molecule has 1 aromatic rings. The second-order valence-corrected chi connectivity index (χ2v) is 10.6. The molecular weight excluding hydrogens is 420 g/mol. The van der Waals surface area contributed by atoms with Gasteiger partial charge in [-0.25, -0.2) is 14.6 Å². The van der Waals surface area contributed by atoms with Gasteiger partial charge in [-0.3, -0.25) is 9.36 Å². The number of carbonyl (C=O) groups is 3. The fraction of sp³-hybridized carbons (Fsp3) is 0.600. The summed E-state index contributed by atoms with van der Waals surface area (Å²) in [5, 5.41) is 3.11. The molecule has 0 radical (unpaired) electrons. The maximum Gasteiger partial charge on any atom is 0.410 e. The summed E-state index contributed by atoms with van der Waals surface area (Å²) in [6.45, 7) is 9.62. The van der Waals surface area contributed by atoms with Crippen molar-refractivity contribution in [1.29, 1.82) is 0 Å². The summed E-state index contributed by atoms with van der Waals surface area (Å²) in [4.78, 5) is 45.0. The quantitative estimate of drug-likeness (QED) is 0.740. The van der Waals surface area contributed by atoms with Gasteiger partial charge < -0.3 is 15.0 Å². The minimum atomic E-state index is -0.533. The highest BCUT2D eigenvalue weighted by atomic mass is 16.6. The molecule has 1 aliphatic carbocycles. The second-order valence-electron chi connectivity index (χ2n) is 10.6. The number of hydrogen-bond donors (Lipinski definition) is 1. The number of ketones is 1. The van der Waals surface area contributed by atoms with Crippen LogP contribution < -0.4 is 5.32 Å². The van der Waals surface area contributed by atoms with Crippen LogP contribution in [0.4, 0.5) is 9.59 Å². The minimum Gasteiger partial charge on any atom is -0.444 e. The molecule has 8 heteroatoms. The maximum absolute atomic E-state index is 13.1. The SMILES string of the molecule is CC(C)C1C=CC=C(c2nccn2C(=O)NC2C[C@H]3CC[C@@H](C2)N3C(=O)OC(C)(C)C)C1=O. The number of carbonyl (C=O) groups excluding carboxylic acids is 3. The lowest BCUT2D eigenvalue weighted by atomic mass is 9.84. The van der Waals surface area contributed by atoms with Crippen LogP contribution in [-0.2, 0) is 9.53 Å². The van der Waals surface area contributed by atoms with E-state index in [1.54, 1.807) is 18.5 Å². The molecule has 2 amide bonds. The van der Waals surface area contributed by atoms with Gasteiger partial charge >= 0.3 is 12.1 Å². The predicted octanol–water partition coefficient (Wildman–Crippen LogP) is 4.17. The Morgan fingerprint density at radius 3 is 2.45 bits per heavy atom. The van der Waals surface area contributed by atoms with Crippen LogP contribution in [0, 0.1) is 11.8 Å². The average Bonchev–Trinajstić information content (AvgIpc) is 3.30. The molecule has 0 saturated carbocycles. The fourth-order valence-electron chi connectivity index (χ4n) is 5.15. The topological polar surface area (TPSA) is 93.5 Å². The molecule has 1 N–H and O–H groups in total. The van der Waals surface area contributed by atoms with Gasteiger partial charge in [-0.1, -0.05) is 26.0 Å². The first-order chi connectivity index (χ1) is 15.5. The van der Waals surface area contributed by atoms with Gasteiger partial charge in [0.25, 0.3) is 0 Å². The Hall–Kier alpha value is -2.90. The van der Waals surface area contributed by atoms with E-state index in [4.69, 9.17) is 4.74 Å². The lowest BCUT2D eigenvalue weighted by Gasteiger charge is -2.39. The molecule has 33 heavy (non-hydrogen) atoms. The van der Waals surface area contributed by atoms with Crippen molar-refractivity contribution in [2.75, 3.05) is 0 Å². The molecule has 2 fully saturated rings. The van der Waals surface area contributed by atoms with E-state index < -0.39 is 5.60 Å². The van der Waals surface area contributed by atoms with Gasteiger partial charge in [-0.05, 0) is 58.4 Å². The van der Waals surface area contributed by atoms with Crippen molar-refractivity contribution >= 4 is 23.5 Å². The van der Waals surface area contributed by atoms with E-state index in [9.17, 15) is 14.4 Å². The van der Waals surface area contributed by atoms with Gasteiger partial charge in [-0.2, -0.15) is 0 Å². The number of nitrogens with one attached hydrogen (secondary N) is 1. The zero-order valence-corrected chi connectivity index (χ0v) is 20.1. The monoisotopic (exact) mass is 454 g/mol. The zero-order valence-electron chi connectivity index (χ0n) is 20.1. The first-order valence-corrected chi connectivity index (χ1v) is 11.8. The maximum atomic E-state index is 13.1. The summed E-state index contributed by atoms with van der Waals surface area (Å²) in [5.41, 5.74) is -0.0785. The van der Waals surface area contributed by atoms with Crippen molar-refractivity contribution in [2.24, 2.45) is 11.8 Å². The van der Waals surface area contributed by atoms with Crippen LogP contribution in [0.1, 0.15) is 66.1 Å². The zero-order chi connectivity index (χ0) is 23.9. The highest BCUT2D eigenvalue weighted by molar-refractivity contribution is 6.23. The van der Waals surface area contributed by atoms with Gasteiger partial charge in [0.05, 0.1) is 5.57 Å². The van der Waals surface area contributed by atoms with Crippen LogP contribution in [0.25, 0.3) is 5.57 Å². The van der Waals surface area contributed by atoms with Crippen LogP contribution in [0.3, 0.4) is 0 Å². The van der Waals surface area contributed by atoms with Gasteiger partial charge in [0.1, 0.15) is 5.60 Å². The number of allylic oxidation sites excluding steroid dienone is 4. The molecular formula is C25H34N4O4. The van der Waals surface area contributed by atoms with Crippen LogP contribution in [-0.4, -0.2) is 56.1 Å². The van der Waals surface area contributed by atoms with E-state index in [-0.39, 0.29) is 47.9 Å². The standard InChI is InChI=1S/C25H34N4O4/c1-15(2)19-7-6-8-20(21(19)30)22-26-11-12-28(22)23(31)27-16-13-17-9-10-18(14-16)29(17)24(32)33-25(3,4)5/h6-8,11-12,15-19H,9-10,13-14H2,1-5H3,(H,27,31)/t16?,17-,18+,19?.